The second kappa shape index (κ2) is 9.47. The lowest BCUT2D eigenvalue weighted by atomic mass is 9.99. The Morgan fingerprint density at radius 1 is 0.962 bits per heavy atom. The number of hydrogen-bond donors (Lipinski definition) is 0. The Morgan fingerprint density at radius 2 is 1.73 bits per heavy atom. The fraction of sp³-hybridized carbons (Fsp3) is 0.714. The highest BCUT2D eigenvalue weighted by Crippen LogP contribution is 2.41. The first-order valence-corrected chi connectivity index (χ1v) is 9.86. The first-order chi connectivity index (χ1) is 12.8. The molecule has 2 aliphatic rings. The maximum absolute atomic E-state index is 5.72. The largest absolute Gasteiger partial charge is 0.493 e. The standard InChI is InChI=1S/C21H33NO4/c1-23-19-11-10-17(20(24-2)21(19)25-3)14-22(18-8-4-5-9-18)13-16-7-6-12-26-15-16/h10-11,16,18H,4-9,12-15H2,1-3H3. The molecular formula is C21H33NO4. The molecule has 1 aliphatic heterocycles. The molecule has 1 aromatic carbocycles. The van der Waals surface area contributed by atoms with Crippen molar-refractivity contribution < 1.29 is 18.9 Å². The zero-order valence-corrected chi connectivity index (χ0v) is 16.5. The molecule has 0 radical (unpaired) electrons. The number of hydrogen-bond acceptors (Lipinski definition) is 5. The number of ether oxygens (including phenoxy) is 4. The summed E-state index contributed by atoms with van der Waals surface area (Å²) in [5.74, 6) is 2.81. The first-order valence-electron chi connectivity index (χ1n) is 9.86. The van der Waals surface area contributed by atoms with Crippen LogP contribution in [0.3, 0.4) is 0 Å². The fourth-order valence-electron chi connectivity index (χ4n) is 4.40. The molecule has 1 atom stereocenters. The molecule has 1 aliphatic carbocycles. The molecule has 0 spiro atoms. The van der Waals surface area contributed by atoms with Gasteiger partial charge in [-0.15, -0.1) is 0 Å². The van der Waals surface area contributed by atoms with Crippen LogP contribution in [0.4, 0.5) is 0 Å². The molecule has 0 N–H and O–H groups in total. The summed E-state index contributed by atoms with van der Waals surface area (Å²) in [6, 6.07) is 4.75. The summed E-state index contributed by atoms with van der Waals surface area (Å²) in [6.45, 7) is 3.79. The highest BCUT2D eigenvalue weighted by molar-refractivity contribution is 5.55. The lowest BCUT2D eigenvalue weighted by molar-refractivity contribution is 0.0291. The highest BCUT2D eigenvalue weighted by Gasteiger charge is 2.28. The molecule has 1 aromatic rings. The third-order valence-corrected chi connectivity index (χ3v) is 5.75. The minimum Gasteiger partial charge on any atom is -0.493 e. The van der Waals surface area contributed by atoms with Crippen molar-refractivity contribution in [1.29, 1.82) is 0 Å². The SMILES string of the molecule is COc1ccc(CN(CC2CCCOC2)C2CCCC2)c(OC)c1OC. The monoisotopic (exact) mass is 363 g/mol. The molecular weight excluding hydrogens is 330 g/mol. The van der Waals surface area contributed by atoms with Crippen molar-refractivity contribution in [3.8, 4) is 17.2 Å². The van der Waals surface area contributed by atoms with Crippen LogP contribution in [-0.4, -0.2) is 52.0 Å². The molecule has 0 aromatic heterocycles. The van der Waals surface area contributed by atoms with Crippen molar-refractivity contribution >= 4 is 0 Å². The topological polar surface area (TPSA) is 40.2 Å². The summed E-state index contributed by atoms with van der Waals surface area (Å²) < 4.78 is 22.4. The predicted octanol–water partition coefficient (Wildman–Crippen LogP) is 3.88. The molecule has 3 rings (SSSR count). The van der Waals surface area contributed by atoms with Gasteiger partial charge in [0.25, 0.3) is 0 Å². The van der Waals surface area contributed by atoms with Gasteiger partial charge in [-0.2, -0.15) is 0 Å². The van der Waals surface area contributed by atoms with E-state index in [1.54, 1.807) is 21.3 Å². The van der Waals surface area contributed by atoms with Gasteiger partial charge in [-0.1, -0.05) is 18.9 Å². The normalized spacial score (nSPS) is 21.2. The Kier molecular flexibility index (Phi) is 7.03. The maximum Gasteiger partial charge on any atom is 0.203 e. The minimum absolute atomic E-state index is 0.635. The van der Waals surface area contributed by atoms with Crippen molar-refractivity contribution in [2.24, 2.45) is 5.92 Å². The summed E-state index contributed by atoms with van der Waals surface area (Å²) >= 11 is 0. The molecule has 1 heterocycles. The van der Waals surface area contributed by atoms with Crippen LogP contribution >= 0.6 is 0 Å². The number of rotatable bonds is 8. The molecule has 2 fully saturated rings. The van der Waals surface area contributed by atoms with Crippen LogP contribution in [0.5, 0.6) is 17.2 Å². The van der Waals surface area contributed by atoms with E-state index in [1.807, 2.05) is 6.07 Å². The summed E-state index contributed by atoms with van der Waals surface area (Å²) in [5, 5.41) is 0. The fourth-order valence-corrected chi connectivity index (χ4v) is 4.40. The molecule has 1 unspecified atom stereocenters. The molecule has 5 nitrogen and oxygen atoms in total. The number of benzene rings is 1. The highest BCUT2D eigenvalue weighted by atomic mass is 16.5. The average molecular weight is 363 g/mol. The third kappa shape index (κ3) is 4.44. The van der Waals surface area contributed by atoms with Crippen LogP contribution < -0.4 is 14.2 Å². The summed E-state index contributed by atoms with van der Waals surface area (Å²) in [4.78, 5) is 2.65. The van der Waals surface area contributed by atoms with Gasteiger partial charge in [-0.25, -0.2) is 0 Å². The Balaban J connectivity index is 1.81. The van der Waals surface area contributed by atoms with Crippen molar-refractivity contribution in [1.82, 2.24) is 4.90 Å². The molecule has 1 saturated heterocycles. The van der Waals surface area contributed by atoms with Crippen LogP contribution in [0.15, 0.2) is 12.1 Å². The van der Waals surface area contributed by atoms with Gasteiger partial charge >= 0.3 is 0 Å². The van der Waals surface area contributed by atoms with Gasteiger partial charge in [0.2, 0.25) is 5.75 Å². The van der Waals surface area contributed by atoms with Crippen molar-refractivity contribution in [2.75, 3.05) is 41.1 Å². The smallest absolute Gasteiger partial charge is 0.203 e. The van der Waals surface area contributed by atoms with Crippen LogP contribution in [-0.2, 0) is 11.3 Å². The van der Waals surface area contributed by atoms with Gasteiger partial charge in [-0.3, -0.25) is 4.90 Å². The van der Waals surface area contributed by atoms with Gasteiger partial charge < -0.3 is 18.9 Å². The van der Waals surface area contributed by atoms with E-state index < -0.39 is 0 Å². The Labute approximate surface area is 157 Å². The van der Waals surface area contributed by atoms with Gasteiger partial charge in [0.1, 0.15) is 0 Å². The van der Waals surface area contributed by atoms with Gasteiger partial charge in [0.15, 0.2) is 11.5 Å². The lowest BCUT2D eigenvalue weighted by Gasteiger charge is -2.34. The van der Waals surface area contributed by atoms with Crippen LogP contribution in [0, 0.1) is 5.92 Å². The first kappa shape index (κ1) is 19.3. The Morgan fingerprint density at radius 3 is 2.35 bits per heavy atom. The van der Waals surface area contributed by atoms with E-state index >= 15 is 0 Å². The van der Waals surface area contributed by atoms with E-state index in [0.29, 0.717) is 23.5 Å². The van der Waals surface area contributed by atoms with Crippen molar-refractivity contribution in [3.05, 3.63) is 17.7 Å². The van der Waals surface area contributed by atoms with E-state index in [1.165, 1.54) is 38.5 Å². The van der Waals surface area contributed by atoms with E-state index in [0.717, 1.165) is 37.6 Å². The van der Waals surface area contributed by atoms with E-state index in [4.69, 9.17) is 18.9 Å². The van der Waals surface area contributed by atoms with E-state index in [9.17, 15) is 0 Å². The molecule has 0 bridgehead atoms. The lowest BCUT2D eigenvalue weighted by Crippen LogP contribution is -2.39. The predicted molar refractivity (Wildman–Crippen MR) is 102 cm³/mol. The number of methoxy groups -OCH3 is 3. The molecule has 5 heteroatoms. The second-order valence-electron chi connectivity index (χ2n) is 7.44. The number of nitrogens with zero attached hydrogens (tertiary/aromatic N) is 1. The van der Waals surface area contributed by atoms with Crippen LogP contribution in [0.1, 0.15) is 44.1 Å². The summed E-state index contributed by atoms with van der Waals surface area (Å²) in [7, 11) is 5.03. The van der Waals surface area contributed by atoms with E-state index in [-0.39, 0.29) is 0 Å². The van der Waals surface area contributed by atoms with Crippen LogP contribution in [0.25, 0.3) is 0 Å². The van der Waals surface area contributed by atoms with E-state index in [2.05, 4.69) is 11.0 Å². The summed E-state index contributed by atoms with van der Waals surface area (Å²) in [5.41, 5.74) is 1.16. The second-order valence-corrected chi connectivity index (χ2v) is 7.44. The molecule has 146 valence electrons. The third-order valence-electron chi connectivity index (χ3n) is 5.75. The zero-order chi connectivity index (χ0) is 18.4. The van der Waals surface area contributed by atoms with Gasteiger partial charge in [0.05, 0.1) is 27.9 Å². The van der Waals surface area contributed by atoms with Gasteiger partial charge in [-0.05, 0) is 37.7 Å². The maximum atomic E-state index is 5.72. The molecule has 1 saturated carbocycles. The van der Waals surface area contributed by atoms with Gasteiger partial charge in [0, 0.05) is 31.3 Å². The Bertz CT molecular complexity index is 565. The molecule has 0 amide bonds. The quantitative estimate of drug-likeness (QED) is 0.701. The van der Waals surface area contributed by atoms with Crippen molar-refractivity contribution in [2.45, 2.75) is 51.1 Å². The molecule has 26 heavy (non-hydrogen) atoms. The summed E-state index contributed by atoms with van der Waals surface area (Å²) in [6.07, 6.45) is 7.72. The Hall–Kier alpha value is -1.46. The average Bonchev–Trinajstić information content (AvgIpc) is 3.22. The zero-order valence-electron chi connectivity index (χ0n) is 16.5. The van der Waals surface area contributed by atoms with Crippen molar-refractivity contribution in [3.63, 3.8) is 0 Å². The minimum atomic E-state index is 0.635. The van der Waals surface area contributed by atoms with Crippen LogP contribution in [0.2, 0.25) is 0 Å².